The largest absolute Gasteiger partial charge is 0.299 e. The lowest BCUT2D eigenvalue weighted by Crippen LogP contribution is -2.37. The van der Waals surface area contributed by atoms with Gasteiger partial charge >= 0.3 is 0 Å². The number of carbonyl (C=O) groups excluding carboxylic acids is 3. The van der Waals surface area contributed by atoms with Crippen LogP contribution in [0, 0.1) is 29.6 Å². The van der Waals surface area contributed by atoms with Gasteiger partial charge in [0.05, 0.1) is 0 Å². The molecule has 23 heavy (non-hydrogen) atoms. The van der Waals surface area contributed by atoms with Gasteiger partial charge in [-0.25, -0.2) is 0 Å². The van der Waals surface area contributed by atoms with Crippen molar-refractivity contribution in [3.8, 4) is 0 Å². The molecule has 1 heterocycles. The van der Waals surface area contributed by atoms with Gasteiger partial charge in [0, 0.05) is 30.7 Å². The first kappa shape index (κ1) is 18.2. The minimum Gasteiger partial charge on any atom is -0.299 e. The van der Waals surface area contributed by atoms with E-state index in [4.69, 9.17) is 0 Å². The van der Waals surface area contributed by atoms with Crippen LogP contribution in [0.2, 0.25) is 0 Å². The molecule has 0 aromatic rings. The van der Waals surface area contributed by atoms with Gasteiger partial charge in [0.1, 0.15) is 5.78 Å². The lowest BCUT2D eigenvalue weighted by molar-refractivity contribution is -0.141. The van der Waals surface area contributed by atoms with Crippen LogP contribution in [0.1, 0.15) is 66.2 Å². The maximum absolute atomic E-state index is 12.5. The van der Waals surface area contributed by atoms with Gasteiger partial charge in [-0.2, -0.15) is 0 Å². The van der Waals surface area contributed by atoms with E-state index in [1.807, 2.05) is 13.8 Å². The minimum atomic E-state index is -0.119. The smallest absolute Gasteiger partial charge is 0.233 e. The van der Waals surface area contributed by atoms with Gasteiger partial charge in [-0.15, -0.1) is 0 Å². The number of hydrogen-bond acceptors (Lipinski definition) is 3. The summed E-state index contributed by atoms with van der Waals surface area (Å²) in [5.41, 5.74) is 0. The van der Waals surface area contributed by atoms with Gasteiger partial charge in [-0.05, 0) is 37.5 Å². The maximum Gasteiger partial charge on any atom is 0.233 e. The van der Waals surface area contributed by atoms with Crippen molar-refractivity contribution >= 4 is 17.6 Å². The molecule has 2 unspecified atom stereocenters. The summed E-state index contributed by atoms with van der Waals surface area (Å²) in [7, 11) is 0. The van der Waals surface area contributed by atoms with Crippen LogP contribution in [0.3, 0.4) is 0 Å². The van der Waals surface area contributed by atoms with Crippen LogP contribution in [-0.2, 0) is 14.4 Å². The summed E-state index contributed by atoms with van der Waals surface area (Å²) in [5.74, 6) is 1.22. The van der Waals surface area contributed by atoms with Gasteiger partial charge in [-0.1, -0.05) is 34.1 Å². The molecule has 0 radical (unpaired) electrons. The molecule has 1 aliphatic heterocycles. The zero-order chi connectivity index (χ0) is 17.1. The second-order valence-corrected chi connectivity index (χ2v) is 7.81. The summed E-state index contributed by atoms with van der Waals surface area (Å²) in [6.07, 6.45) is 5.04. The molecular weight excluding hydrogens is 290 g/mol. The number of likely N-dealkylation sites (tertiary alicyclic amines) is 1. The van der Waals surface area contributed by atoms with E-state index in [-0.39, 0.29) is 35.5 Å². The molecule has 2 amide bonds. The maximum atomic E-state index is 12.5. The third-order valence-electron chi connectivity index (χ3n) is 5.87. The number of Topliss-reactive ketones (excluding diaryl/α,β-unsaturated/α-hetero) is 1. The number of carbonyl (C=O) groups is 3. The van der Waals surface area contributed by atoms with Gasteiger partial charge in [0.2, 0.25) is 11.8 Å². The fraction of sp³-hybridized carbons (Fsp3) is 0.842. The fourth-order valence-electron chi connectivity index (χ4n) is 3.99. The summed E-state index contributed by atoms with van der Waals surface area (Å²) >= 11 is 0. The third kappa shape index (κ3) is 4.02. The van der Waals surface area contributed by atoms with Crippen LogP contribution in [0.5, 0.6) is 0 Å². The van der Waals surface area contributed by atoms with Crippen molar-refractivity contribution in [1.29, 1.82) is 0 Å². The summed E-state index contributed by atoms with van der Waals surface area (Å²) < 4.78 is 0. The monoisotopic (exact) mass is 321 g/mol. The van der Waals surface area contributed by atoms with Crippen LogP contribution < -0.4 is 0 Å². The molecule has 1 aliphatic carbocycles. The van der Waals surface area contributed by atoms with E-state index in [0.29, 0.717) is 24.7 Å². The normalized spacial score (nSPS) is 30.1. The van der Waals surface area contributed by atoms with Gasteiger partial charge < -0.3 is 0 Å². The Morgan fingerprint density at radius 1 is 1.13 bits per heavy atom. The van der Waals surface area contributed by atoms with Crippen molar-refractivity contribution in [2.75, 3.05) is 6.54 Å². The molecule has 1 saturated carbocycles. The van der Waals surface area contributed by atoms with Crippen LogP contribution in [0.4, 0.5) is 0 Å². The van der Waals surface area contributed by atoms with Crippen molar-refractivity contribution in [3.63, 3.8) is 0 Å². The topological polar surface area (TPSA) is 54.5 Å². The Morgan fingerprint density at radius 3 is 2.26 bits per heavy atom. The molecule has 2 aliphatic rings. The predicted octanol–water partition coefficient (Wildman–Crippen LogP) is 3.44. The molecule has 2 atom stereocenters. The molecule has 130 valence electrons. The van der Waals surface area contributed by atoms with Crippen molar-refractivity contribution in [1.82, 2.24) is 4.90 Å². The van der Waals surface area contributed by atoms with Crippen LogP contribution in [0.25, 0.3) is 0 Å². The highest BCUT2D eigenvalue weighted by Crippen LogP contribution is 2.34. The molecule has 0 spiro atoms. The summed E-state index contributed by atoms with van der Waals surface area (Å²) in [4.78, 5) is 38.3. The van der Waals surface area contributed by atoms with Crippen molar-refractivity contribution < 1.29 is 14.4 Å². The van der Waals surface area contributed by atoms with Gasteiger partial charge in [-0.3, -0.25) is 19.3 Å². The lowest BCUT2D eigenvalue weighted by atomic mass is 9.77. The van der Waals surface area contributed by atoms with Crippen LogP contribution in [-0.4, -0.2) is 29.0 Å². The molecule has 2 fully saturated rings. The molecule has 0 bridgehead atoms. The van der Waals surface area contributed by atoms with E-state index >= 15 is 0 Å². The van der Waals surface area contributed by atoms with Crippen molar-refractivity contribution in [2.45, 2.75) is 66.2 Å². The highest BCUT2D eigenvalue weighted by molar-refractivity contribution is 6.03. The number of amides is 2. The second-order valence-electron chi connectivity index (χ2n) is 7.81. The van der Waals surface area contributed by atoms with E-state index in [2.05, 4.69) is 13.8 Å². The highest BCUT2D eigenvalue weighted by atomic mass is 16.2. The second kappa shape index (κ2) is 7.59. The standard InChI is InChI=1S/C19H31NO3/c1-5-13(4)16-10-17(21)20(19(16)23)11-14-6-8-15(9-7-14)18(22)12(2)3/h12-16H,5-11H2,1-4H3. The van der Waals surface area contributed by atoms with E-state index in [1.54, 1.807) is 0 Å². The number of hydrogen-bond donors (Lipinski definition) is 0. The molecule has 0 aromatic carbocycles. The number of imide groups is 1. The van der Waals surface area contributed by atoms with Crippen molar-refractivity contribution in [2.24, 2.45) is 29.6 Å². The summed E-state index contributed by atoms with van der Waals surface area (Å²) in [6.45, 7) is 8.61. The average molecular weight is 321 g/mol. The number of ketones is 1. The zero-order valence-electron chi connectivity index (χ0n) is 15.0. The molecule has 4 nitrogen and oxygen atoms in total. The Labute approximate surface area is 140 Å². The first-order valence-electron chi connectivity index (χ1n) is 9.23. The van der Waals surface area contributed by atoms with Crippen LogP contribution >= 0.6 is 0 Å². The SMILES string of the molecule is CCC(C)C1CC(=O)N(CC2CCC(C(=O)C(C)C)CC2)C1=O. The fourth-order valence-corrected chi connectivity index (χ4v) is 3.99. The summed E-state index contributed by atoms with van der Waals surface area (Å²) in [5, 5.41) is 0. The molecule has 1 saturated heterocycles. The Balaban J connectivity index is 1.88. The van der Waals surface area contributed by atoms with Crippen LogP contribution in [0.15, 0.2) is 0 Å². The number of rotatable bonds is 6. The molecular formula is C19H31NO3. The Morgan fingerprint density at radius 2 is 1.74 bits per heavy atom. The lowest BCUT2D eigenvalue weighted by Gasteiger charge is -2.31. The minimum absolute atomic E-state index is 0.000630. The quantitative estimate of drug-likeness (QED) is 0.704. The molecule has 0 N–H and O–H groups in total. The molecule has 2 rings (SSSR count). The summed E-state index contributed by atoms with van der Waals surface area (Å²) in [6, 6.07) is 0. The predicted molar refractivity (Wildman–Crippen MR) is 89.6 cm³/mol. The van der Waals surface area contributed by atoms with Gasteiger partial charge in [0.25, 0.3) is 0 Å². The first-order valence-corrected chi connectivity index (χ1v) is 9.23. The Hall–Kier alpha value is -1.19. The van der Waals surface area contributed by atoms with E-state index in [9.17, 15) is 14.4 Å². The zero-order valence-corrected chi connectivity index (χ0v) is 15.0. The Kier molecular flexibility index (Phi) is 5.99. The van der Waals surface area contributed by atoms with E-state index in [1.165, 1.54) is 4.90 Å². The number of nitrogens with zero attached hydrogens (tertiary/aromatic N) is 1. The average Bonchev–Trinajstić information content (AvgIpc) is 2.82. The van der Waals surface area contributed by atoms with Gasteiger partial charge in [0.15, 0.2) is 0 Å². The highest BCUT2D eigenvalue weighted by Gasteiger charge is 2.42. The van der Waals surface area contributed by atoms with Crippen molar-refractivity contribution in [3.05, 3.63) is 0 Å². The molecule has 0 aromatic heterocycles. The molecule has 4 heteroatoms. The van der Waals surface area contributed by atoms with E-state index < -0.39 is 0 Å². The Bertz CT molecular complexity index is 463. The third-order valence-corrected chi connectivity index (χ3v) is 5.87. The first-order chi connectivity index (χ1) is 10.8. The van der Waals surface area contributed by atoms with E-state index in [0.717, 1.165) is 32.1 Å².